The minimum absolute atomic E-state index is 0.0869. The topological polar surface area (TPSA) is 88.7 Å². The molecule has 1 atom stereocenters. The van der Waals surface area contributed by atoms with Gasteiger partial charge in [-0.05, 0) is 43.2 Å². The van der Waals surface area contributed by atoms with Gasteiger partial charge in [-0.3, -0.25) is 9.59 Å². The summed E-state index contributed by atoms with van der Waals surface area (Å²) in [6.45, 7) is 2.79. The minimum atomic E-state index is -0.196. The van der Waals surface area contributed by atoms with E-state index in [1.165, 1.54) is 6.92 Å². The van der Waals surface area contributed by atoms with Gasteiger partial charge < -0.3 is 25.4 Å². The van der Waals surface area contributed by atoms with Crippen LogP contribution in [0, 0.1) is 0 Å². The second kappa shape index (κ2) is 9.75. The molecule has 148 valence electrons. The molecule has 7 heteroatoms. The number of amides is 2. The van der Waals surface area contributed by atoms with Crippen molar-refractivity contribution >= 4 is 28.9 Å². The highest BCUT2D eigenvalue weighted by Crippen LogP contribution is 2.25. The quantitative estimate of drug-likeness (QED) is 0.651. The van der Waals surface area contributed by atoms with Gasteiger partial charge in [0.15, 0.2) is 0 Å². The normalized spacial score (nSPS) is 15.7. The lowest BCUT2D eigenvalue weighted by atomic mass is 10.2. The summed E-state index contributed by atoms with van der Waals surface area (Å²) in [5, 5.41) is 8.63. The molecule has 1 fully saturated rings. The van der Waals surface area contributed by atoms with Gasteiger partial charge in [0.25, 0.3) is 0 Å². The minimum Gasteiger partial charge on any atom is -0.489 e. The molecule has 1 heterocycles. The van der Waals surface area contributed by atoms with E-state index in [4.69, 9.17) is 9.47 Å². The third kappa shape index (κ3) is 5.99. The lowest BCUT2D eigenvalue weighted by Gasteiger charge is -2.15. The number of anilines is 3. The molecule has 0 bridgehead atoms. The Bertz CT molecular complexity index is 819. The summed E-state index contributed by atoms with van der Waals surface area (Å²) in [5.74, 6) is 0.284. The lowest BCUT2D eigenvalue weighted by Crippen LogP contribution is -2.23. The first-order valence-electron chi connectivity index (χ1n) is 9.35. The van der Waals surface area contributed by atoms with Gasteiger partial charge in [0.1, 0.15) is 12.4 Å². The highest BCUT2D eigenvalue weighted by atomic mass is 16.5. The molecule has 1 aliphatic heterocycles. The summed E-state index contributed by atoms with van der Waals surface area (Å²) in [4.78, 5) is 23.5. The zero-order valence-corrected chi connectivity index (χ0v) is 15.9. The van der Waals surface area contributed by atoms with E-state index in [9.17, 15) is 9.59 Å². The van der Waals surface area contributed by atoms with Crippen molar-refractivity contribution in [2.24, 2.45) is 0 Å². The maximum absolute atomic E-state index is 12.3. The van der Waals surface area contributed by atoms with Crippen LogP contribution in [0.15, 0.2) is 48.5 Å². The van der Waals surface area contributed by atoms with Gasteiger partial charge in [0.05, 0.1) is 18.3 Å². The Labute approximate surface area is 164 Å². The van der Waals surface area contributed by atoms with Crippen LogP contribution in [0.4, 0.5) is 17.1 Å². The van der Waals surface area contributed by atoms with E-state index in [0.717, 1.165) is 25.1 Å². The number of benzene rings is 2. The van der Waals surface area contributed by atoms with Crippen molar-refractivity contribution < 1.29 is 19.1 Å². The van der Waals surface area contributed by atoms with Crippen LogP contribution >= 0.6 is 0 Å². The molecule has 2 aromatic carbocycles. The van der Waals surface area contributed by atoms with Gasteiger partial charge in [-0.25, -0.2) is 0 Å². The van der Waals surface area contributed by atoms with Crippen molar-refractivity contribution in [1.82, 2.24) is 0 Å². The van der Waals surface area contributed by atoms with Gasteiger partial charge in [-0.1, -0.05) is 18.2 Å². The monoisotopic (exact) mass is 383 g/mol. The van der Waals surface area contributed by atoms with Gasteiger partial charge >= 0.3 is 0 Å². The molecule has 0 aromatic heterocycles. The van der Waals surface area contributed by atoms with Crippen LogP contribution < -0.4 is 20.7 Å². The zero-order chi connectivity index (χ0) is 19.8. The molecule has 7 nitrogen and oxygen atoms in total. The summed E-state index contributed by atoms with van der Waals surface area (Å²) < 4.78 is 11.4. The number of nitrogens with one attached hydrogen (secondary N) is 3. The Morgan fingerprint density at radius 3 is 2.71 bits per heavy atom. The van der Waals surface area contributed by atoms with E-state index >= 15 is 0 Å². The Morgan fingerprint density at radius 1 is 1.11 bits per heavy atom. The Balaban J connectivity index is 1.52. The van der Waals surface area contributed by atoms with Crippen molar-refractivity contribution in [2.45, 2.75) is 25.9 Å². The van der Waals surface area contributed by atoms with Gasteiger partial charge in [0.2, 0.25) is 11.8 Å². The summed E-state index contributed by atoms with van der Waals surface area (Å²) in [5.41, 5.74) is 2.04. The van der Waals surface area contributed by atoms with Crippen LogP contribution in [0.5, 0.6) is 5.75 Å². The summed E-state index contributed by atoms with van der Waals surface area (Å²) in [6, 6.07) is 14.5. The van der Waals surface area contributed by atoms with Crippen LogP contribution in [0.1, 0.15) is 19.8 Å². The molecule has 1 unspecified atom stereocenters. The number of ether oxygens (including phenoxy) is 2. The smallest absolute Gasteiger partial charge is 0.243 e. The van der Waals surface area contributed by atoms with Crippen LogP contribution in [0.25, 0.3) is 0 Å². The van der Waals surface area contributed by atoms with Crippen LogP contribution in [0.3, 0.4) is 0 Å². The maximum atomic E-state index is 12.3. The third-order valence-electron chi connectivity index (χ3n) is 4.25. The standard InChI is InChI=1S/C21H25N3O4/c1-15(25)23-17-7-4-6-16(12-17)22-13-21(26)24-19-9-2-3-10-20(19)28-14-18-8-5-11-27-18/h2-4,6-7,9-10,12,18,22H,5,8,11,13-14H2,1H3,(H,23,25)(H,24,26). The average Bonchev–Trinajstić information content (AvgIpc) is 3.19. The van der Waals surface area contributed by atoms with E-state index in [2.05, 4.69) is 16.0 Å². The molecule has 1 aliphatic rings. The molecule has 0 spiro atoms. The van der Waals surface area contributed by atoms with Gasteiger partial charge in [-0.2, -0.15) is 0 Å². The van der Waals surface area contributed by atoms with Gasteiger partial charge in [-0.15, -0.1) is 0 Å². The van der Waals surface area contributed by atoms with Crippen molar-refractivity contribution in [3.8, 4) is 5.75 Å². The predicted octanol–water partition coefficient (Wildman–Crippen LogP) is 3.25. The van der Waals surface area contributed by atoms with E-state index in [1.54, 1.807) is 24.3 Å². The number of carbonyl (C=O) groups excluding carboxylic acids is 2. The number of hydrogen-bond donors (Lipinski definition) is 3. The van der Waals surface area contributed by atoms with E-state index in [1.807, 2.05) is 24.3 Å². The second-order valence-corrected chi connectivity index (χ2v) is 6.61. The summed E-state index contributed by atoms with van der Waals surface area (Å²) in [6.07, 6.45) is 2.17. The fraction of sp³-hybridized carbons (Fsp3) is 0.333. The third-order valence-corrected chi connectivity index (χ3v) is 4.25. The number of carbonyl (C=O) groups is 2. The molecule has 2 aromatic rings. The van der Waals surface area contributed by atoms with Crippen LogP contribution in [0.2, 0.25) is 0 Å². The van der Waals surface area contributed by atoms with E-state index in [-0.39, 0.29) is 24.5 Å². The first-order chi connectivity index (χ1) is 13.6. The molecule has 28 heavy (non-hydrogen) atoms. The fourth-order valence-corrected chi connectivity index (χ4v) is 2.94. The highest BCUT2D eigenvalue weighted by Gasteiger charge is 2.17. The number of hydrogen-bond acceptors (Lipinski definition) is 5. The van der Waals surface area contributed by atoms with Crippen LogP contribution in [-0.2, 0) is 14.3 Å². The molecule has 3 rings (SSSR count). The Kier molecular flexibility index (Phi) is 6.86. The number of para-hydroxylation sites is 2. The molecular weight excluding hydrogens is 358 g/mol. The predicted molar refractivity (Wildman–Crippen MR) is 109 cm³/mol. The number of rotatable bonds is 8. The molecule has 1 saturated heterocycles. The van der Waals surface area contributed by atoms with Crippen molar-refractivity contribution in [3.05, 3.63) is 48.5 Å². The fourth-order valence-electron chi connectivity index (χ4n) is 2.94. The molecule has 0 aliphatic carbocycles. The van der Waals surface area contributed by atoms with E-state index < -0.39 is 0 Å². The summed E-state index contributed by atoms with van der Waals surface area (Å²) in [7, 11) is 0. The van der Waals surface area contributed by atoms with Crippen LogP contribution in [-0.4, -0.2) is 37.7 Å². The van der Waals surface area contributed by atoms with Crippen molar-refractivity contribution in [1.29, 1.82) is 0 Å². The largest absolute Gasteiger partial charge is 0.489 e. The zero-order valence-electron chi connectivity index (χ0n) is 15.9. The second-order valence-electron chi connectivity index (χ2n) is 6.61. The molecule has 0 radical (unpaired) electrons. The lowest BCUT2D eigenvalue weighted by molar-refractivity contribution is -0.115. The SMILES string of the molecule is CC(=O)Nc1cccc(NCC(=O)Nc2ccccc2OCC2CCCO2)c1. The first-order valence-corrected chi connectivity index (χ1v) is 9.35. The maximum Gasteiger partial charge on any atom is 0.243 e. The molecular formula is C21H25N3O4. The Hall–Kier alpha value is -3.06. The average molecular weight is 383 g/mol. The first kappa shape index (κ1) is 19.7. The Morgan fingerprint density at radius 2 is 1.93 bits per heavy atom. The highest BCUT2D eigenvalue weighted by molar-refractivity contribution is 5.95. The molecule has 3 N–H and O–H groups in total. The van der Waals surface area contributed by atoms with Crippen molar-refractivity contribution in [2.75, 3.05) is 35.7 Å². The molecule has 0 saturated carbocycles. The van der Waals surface area contributed by atoms with E-state index in [0.29, 0.717) is 23.7 Å². The summed E-state index contributed by atoms with van der Waals surface area (Å²) >= 11 is 0. The van der Waals surface area contributed by atoms with Crippen molar-refractivity contribution in [3.63, 3.8) is 0 Å². The van der Waals surface area contributed by atoms with Gasteiger partial charge in [0, 0.05) is 24.9 Å². The molecule has 2 amide bonds.